The molecule has 0 bridgehead atoms. The number of rotatable bonds is 4. The first kappa shape index (κ1) is 13.6. The van der Waals surface area contributed by atoms with Crippen molar-refractivity contribution in [3.05, 3.63) is 59.4 Å². The van der Waals surface area contributed by atoms with Gasteiger partial charge in [0, 0.05) is 18.0 Å². The number of pyridine rings is 1. The van der Waals surface area contributed by atoms with Gasteiger partial charge in [-0.15, -0.1) is 0 Å². The molecule has 0 aliphatic rings. The number of hydrogen-bond donors (Lipinski definition) is 1. The predicted molar refractivity (Wildman–Crippen MR) is 71.6 cm³/mol. The molecule has 2 aromatic rings. The van der Waals surface area contributed by atoms with Crippen molar-refractivity contribution >= 4 is 5.97 Å². The van der Waals surface area contributed by atoms with Gasteiger partial charge in [0.05, 0.1) is 18.7 Å². The maximum atomic E-state index is 11.0. The van der Waals surface area contributed by atoms with Crippen LogP contribution in [0.1, 0.15) is 27.4 Å². The maximum absolute atomic E-state index is 11.0. The second-order valence-corrected chi connectivity index (χ2v) is 4.12. The zero-order valence-electron chi connectivity index (χ0n) is 10.8. The van der Waals surface area contributed by atoms with Crippen molar-refractivity contribution in [3.8, 4) is 11.8 Å². The van der Waals surface area contributed by atoms with Crippen LogP contribution < -0.4 is 4.74 Å². The number of benzene rings is 1. The molecule has 0 aliphatic heterocycles. The lowest BCUT2D eigenvalue weighted by atomic mass is 9.92. The van der Waals surface area contributed by atoms with E-state index in [1.165, 1.54) is 25.6 Å². The SMILES string of the molecule is COc1ccccc1C(C#N)c1cncc(C(=O)O)c1. The summed E-state index contributed by atoms with van der Waals surface area (Å²) in [5.41, 5.74) is 1.26. The number of aromatic carboxylic acids is 1. The van der Waals surface area contributed by atoms with Gasteiger partial charge in [0.1, 0.15) is 11.7 Å². The van der Waals surface area contributed by atoms with E-state index in [0.29, 0.717) is 16.9 Å². The van der Waals surface area contributed by atoms with Crippen LogP contribution in [0, 0.1) is 11.3 Å². The highest BCUT2D eigenvalue weighted by atomic mass is 16.5. The normalized spacial score (nSPS) is 11.4. The van der Waals surface area contributed by atoms with Gasteiger partial charge in [-0.1, -0.05) is 18.2 Å². The maximum Gasteiger partial charge on any atom is 0.337 e. The zero-order chi connectivity index (χ0) is 14.5. The third-order valence-electron chi connectivity index (χ3n) is 2.92. The smallest absolute Gasteiger partial charge is 0.337 e. The van der Waals surface area contributed by atoms with Gasteiger partial charge in [0.15, 0.2) is 0 Å². The molecule has 0 spiro atoms. The molecule has 0 fully saturated rings. The summed E-state index contributed by atoms with van der Waals surface area (Å²) in [5, 5.41) is 18.4. The summed E-state index contributed by atoms with van der Waals surface area (Å²) in [6, 6.07) is 10.8. The summed E-state index contributed by atoms with van der Waals surface area (Å²) in [4.78, 5) is 14.9. The molecule has 0 saturated carbocycles. The fraction of sp³-hybridized carbons (Fsp3) is 0.133. The van der Waals surface area contributed by atoms with Crippen LogP contribution in [0.3, 0.4) is 0 Å². The van der Waals surface area contributed by atoms with Crippen molar-refractivity contribution in [1.29, 1.82) is 5.26 Å². The minimum absolute atomic E-state index is 0.0534. The second kappa shape index (κ2) is 5.85. The quantitative estimate of drug-likeness (QED) is 0.920. The van der Waals surface area contributed by atoms with Crippen LogP contribution >= 0.6 is 0 Å². The average molecular weight is 268 g/mol. The molecular formula is C15H12N2O3. The number of hydrogen-bond acceptors (Lipinski definition) is 4. The van der Waals surface area contributed by atoms with Crippen molar-refractivity contribution in [1.82, 2.24) is 4.98 Å². The second-order valence-electron chi connectivity index (χ2n) is 4.12. The van der Waals surface area contributed by atoms with E-state index in [0.717, 1.165) is 0 Å². The van der Waals surface area contributed by atoms with Crippen LogP contribution in [0.15, 0.2) is 42.7 Å². The summed E-state index contributed by atoms with van der Waals surface area (Å²) >= 11 is 0. The summed E-state index contributed by atoms with van der Waals surface area (Å²) in [5.74, 6) is -1.12. The minimum Gasteiger partial charge on any atom is -0.496 e. The molecule has 20 heavy (non-hydrogen) atoms. The number of nitriles is 1. The van der Waals surface area contributed by atoms with Gasteiger partial charge in [0.2, 0.25) is 0 Å². The molecule has 5 heteroatoms. The van der Waals surface area contributed by atoms with Gasteiger partial charge >= 0.3 is 5.97 Å². The van der Waals surface area contributed by atoms with Gasteiger partial charge in [-0.2, -0.15) is 5.26 Å². The third kappa shape index (κ3) is 2.59. The predicted octanol–water partition coefficient (Wildman–Crippen LogP) is 2.44. The topological polar surface area (TPSA) is 83.2 Å². The highest BCUT2D eigenvalue weighted by Crippen LogP contribution is 2.31. The van der Waals surface area contributed by atoms with Crippen LogP contribution in [0.4, 0.5) is 0 Å². The van der Waals surface area contributed by atoms with E-state index in [2.05, 4.69) is 11.1 Å². The molecule has 0 radical (unpaired) electrons. The molecule has 0 aliphatic carbocycles. The number of ether oxygens (including phenoxy) is 1. The Morgan fingerprint density at radius 1 is 1.40 bits per heavy atom. The van der Waals surface area contributed by atoms with Crippen LogP contribution in [0.5, 0.6) is 5.75 Å². The Hall–Kier alpha value is -2.87. The monoisotopic (exact) mass is 268 g/mol. The first-order valence-electron chi connectivity index (χ1n) is 5.88. The molecule has 2 rings (SSSR count). The van der Waals surface area contributed by atoms with Crippen LogP contribution in [-0.4, -0.2) is 23.2 Å². The van der Waals surface area contributed by atoms with E-state index in [9.17, 15) is 10.1 Å². The molecule has 5 nitrogen and oxygen atoms in total. The van der Waals surface area contributed by atoms with Gasteiger partial charge < -0.3 is 9.84 Å². The number of carbonyl (C=O) groups is 1. The Bertz CT molecular complexity index is 677. The van der Waals surface area contributed by atoms with E-state index >= 15 is 0 Å². The molecule has 1 unspecified atom stereocenters. The minimum atomic E-state index is -1.07. The summed E-state index contributed by atoms with van der Waals surface area (Å²) in [6.45, 7) is 0. The lowest BCUT2D eigenvalue weighted by Crippen LogP contribution is -2.04. The van der Waals surface area contributed by atoms with Crippen molar-refractivity contribution in [2.24, 2.45) is 0 Å². The Labute approximate surface area is 116 Å². The van der Waals surface area contributed by atoms with Crippen LogP contribution in [-0.2, 0) is 0 Å². The molecule has 1 atom stereocenters. The lowest BCUT2D eigenvalue weighted by molar-refractivity contribution is 0.0696. The highest BCUT2D eigenvalue weighted by Gasteiger charge is 2.19. The Morgan fingerprint density at radius 3 is 2.80 bits per heavy atom. The summed E-state index contributed by atoms with van der Waals surface area (Å²) < 4.78 is 5.24. The van der Waals surface area contributed by atoms with Crippen molar-refractivity contribution < 1.29 is 14.6 Å². The van der Waals surface area contributed by atoms with Crippen molar-refractivity contribution in [2.45, 2.75) is 5.92 Å². The van der Waals surface area contributed by atoms with E-state index in [-0.39, 0.29) is 5.56 Å². The first-order valence-corrected chi connectivity index (χ1v) is 5.88. The zero-order valence-corrected chi connectivity index (χ0v) is 10.8. The molecule has 1 aromatic carbocycles. The van der Waals surface area contributed by atoms with Gasteiger partial charge in [-0.3, -0.25) is 4.98 Å². The van der Waals surface area contributed by atoms with Gasteiger partial charge in [-0.05, 0) is 17.7 Å². The standard InChI is InChI=1S/C15H12N2O3/c1-20-14-5-3-2-4-12(14)13(7-16)10-6-11(15(18)19)9-17-8-10/h2-6,8-9,13H,1H3,(H,18,19). The molecule has 1 aromatic heterocycles. The summed E-state index contributed by atoms with van der Waals surface area (Å²) in [7, 11) is 1.53. The number of carboxylic acid groups (broad SMARTS) is 1. The Balaban J connectivity index is 2.50. The lowest BCUT2D eigenvalue weighted by Gasteiger charge is -2.13. The molecule has 0 amide bonds. The number of carboxylic acids is 1. The molecule has 100 valence electrons. The Kier molecular flexibility index (Phi) is 3.96. The third-order valence-corrected chi connectivity index (χ3v) is 2.92. The number of para-hydroxylation sites is 1. The number of nitrogens with zero attached hydrogens (tertiary/aromatic N) is 2. The van der Waals surface area contributed by atoms with Gasteiger partial charge in [0.25, 0.3) is 0 Å². The Morgan fingerprint density at radius 2 is 2.15 bits per heavy atom. The average Bonchev–Trinajstić information content (AvgIpc) is 2.49. The van der Waals surface area contributed by atoms with Crippen LogP contribution in [0.25, 0.3) is 0 Å². The fourth-order valence-corrected chi connectivity index (χ4v) is 1.96. The molecule has 1 N–H and O–H groups in total. The van der Waals surface area contributed by atoms with Crippen LogP contribution in [0.2, 0.25) is 0 Å². The molecular weight excluding hydrogens is 256 g/mol. The van der Waals surface area contributed by atoms with Crippen molar-refractivity contribution in [3.63, 3.8) is 0 Å². The first-order chi connectivity index (χ1) is 9.67. The fourth-order valence-electron chi connectivity index (χ4n) is 1.96. The highest BCUT2D eigenvalue weighted by molar-refractivity contribution is 5.87. The number of methoxy groups -OCH3 is 1. The van der Waals surface area contributed by atoms with Gasteiger partial charge in [-0.25, -0.2) is 4.79 Å². The van der Waals surface area contributed by atoms with Crippen molar-refractivity contribution in [2.75, 3.05) is 7.11 Å². The van der Waals surface area contributed by atoms with E-state index in [1.807, 2.05) is 6.07 Å². The largest absolute Gasteiger partial charge is 0.496 e. The molecule has 0 saturated heterocycles. The van der Waals surface area contributed by atoms with E-state index in [4.69, 9.17) is 9.84 Å². The summed E-state index contributed by atoms with van der Waals surface area (Å²) in [6.07, 6.45) is 2.75. The molecule has 1 heterocycles. The van der Waals surface area contributed by atoms with E-state index < -0.39 is 11.9 Å². The van der Waals surface area contributed by atoms with E-state index in [1.54, 1.807) is 18.2 Å². The number of aromatic nitrogens is 1.